The maximum atomic E-state index is 14.6. The lowest BCUT2D eigenvalue weighted by Crippen LogP contribution is -2.61. The van der Waals surface area contributed by atoms with Crippen LogP contribution < -0.4 is 43.0 Å². The number of carbonyl (C=O) groups is 15. The summed E-state index contributed by atoms with van der Waals surface area (Å²) in [6.45, 7) is 4.35. The van der Waals surface area contributed by atoms with Crippen LogP contribution in [0.2, 0.25) is 0 Å². The molecular weight excluding hydrogens is 1090 g/mol. The van der Waals surface area contributed by atoms with E-state index in [0.29, 0.717) is 5.56 Å². The molecule has 3 rings (SSSR count). The van der Waals surface area contributed by atoms with Crippen molar-refractivity contribution in [3.63, 3.8) is 0 Å². The second-order valence-electron chi connectivity index (χ2n) is 19.9. The summed E-state index contributed by atoms with van der Waals surface area (Å²) in [7, 11) is 0. The number of carboxylic acids is 5. The molecule has 2 heterocycles. The van der Waals surface area contributed by atoms with E-state index in [0.717, 1.165) is 16.7 Å². The Morgan fingerprint density at radius 1 is 0.537 bits per heavy atom. The van der Waals surface area contributed by atoms with Crippen LogP contribution >= 0.6 is 0 Å². The van der Waals surface area contributed by atoms with Crippen LogP contribution in [0.1, 0.15) is 116 Å². The Morgan fingerprint density at radius 3 is 1.49 bits per heavy atom. The highest BCUT2D eigenvalue weighted by Crippen LogP contribution is 2.25. The van der Waals surface area contributed by atoms with Crippen LogP contribution in [0, 0.1) is 5.92 Å². The van der Waals surface area contributed by atoms with Gasteiger partial charge in [0.2, 0.25) is 59.1 Å². The number of benzene rings is 1. The molecule has 10 unspecified atom stereocenters. The van der Waals surface area contributed by atoms with Crippen molar-refractivity contribution in [1.29, 1.82) is 0 Å². The first-order valence-corrected chi connectivity index (χ1v) is 26.4. The minimum absolute atomic E-state index is 0.00789. The lowest BCUT2D eigenvalue weighted by Gasteiger charge is -2.34. The van der Waals surface area contributed by atoms with Crippen LogP contribution in [-0.2, 0) is 78.3 Å². The molecule has 0 spiro atoms. The molecule has 1 aromatic rings. The van der Waals surface area contributed by atoms with Crippen molar-refractivity contribution < 1.29 is 103 Å². The molecule has 15 N–H and O–H groups in total. The zero-order valence-corrected chi connectivity index (χ0v) is 45.4. The van der Waals surface area contributed by atoms with Gasteiger partial charge in [-0.05, 0) is 75.5 Å². The van der Waals surface area contributed by atoms with Gasteiger partial charge in [0, 0.05) is 45.2 Å². The minimum Gasteiger partial charge on any atom is -0.508 e. The molecule has 1 aromatic carbocycles. The molecule has 31 heteroatoms. The molecule has 2 fully saturated rings. The van der Waals surface area contributed by atoms with Gasteiger partial charge < -0.3 is 83.4 Å². The molecule has 0 aliphatic carbocycles. The predicted molar refractivity (Wildman–Crippen MR) is 279 cm³/mol. The average molecular weight is 1160 g/mol. The minimum atomic E-state index is -1.78. The summed E-state index contributed by atoms with van der Waals surface area (Å²) in [4.78, 5) is 195. The van der Waals surface area contributed by atoms with E-state index in [-0.39, 0.29) is 57.4 Å². The van der Waals surface area contributed by atoms with Gasteiger partial charge in [-0.25, -0.2) is 4.79 Å². The van der Waals surface area contributed by atoms with Gasteiger partial charge in [-0.1, -0.05) is 32.4 Å². The Balaban J connectivity index is 1.85. The van der Waals surface area contributed by atoms with Crippen LogP contribution in [-0.4, -0.2) is 197 Å². The maximum Gasteiger partial charge on any atom is 0.326 e. The van der Waals surface area contributed by atoms with E-state index in [9.17, 15) is 97.5 Å². The van der Waals surface area contributed by atoms with Crippen molar-refractivity contribution >= 4 is 88.9 Å². The van der Waals surface area contributed by atoms with Gasteiger partial charge in [0.05, 0.1) is 12.8 Å². The maximum absolute atomic E-state index is 14.6. The number of primary amides is 1. The number of nitrogens with zero attached hydrogens (tertiary/aromatic N) is 2. The van der Waals surface area contributed by atoms with Crippen molar-refractivity contribution in [3.8, 4) is 5.75 Å². The fourth-order valence-corrected chi connectivity index (χ4v) is 8.97. The number of hydrogen-bond donors (Lipinski definition) is 14. The fraction of sp³-hybridized carbons (Fsp3) is 0.588. The molecule has 2 saturated heterocycles. The van der Waals surface area contributed by atoms with Gasteiger partial charge in [0.15, 0.2) is 0 Å². The Morgan fingerprint density at radius 2 is 0.988 bits per heavy atom. The normalized spacial score (nSPS) is 17.6. The third-order valence-corrected chi connectivity index (χ3v) is 13.6. The second-order valence-corrected chi connectivity index (χ2v) is 19.9. The number of nitrogens with one attached hydrogen (secondary N) is 7. The van der Waals surface area contributed by atoms with Gasteiger partial charge in [0.25, 0.3) is 0 Å². The quantitative estimate of drug-likeness (QED) is 0.0323. The molecule has 2 aliphatic rings. The van der Waals surface area contributed by atoms with Crippen molar-refractivity contribution in [2.24, 2.45) is 11.7 Å². The first kappa shape index (κ1) is 67.3. The number of carboxylic acid groups (broad SMARTS) is 5. The number of hydrogen-bond acceptors (Lipinski definition) is 16. The largest absolute Gasteiger partial charge is 0.508 e. The second kappa shape index (κ2) is 32.4. The number of phenolic OH excluding ortho intramolecular Hbond substituents is 1. The monoisotopic (exact) mass is 1160 g/mol. The van der Waals surface area contributed by atoms with Crippen molar-refractivity contribution in [2.45, 2.75) is 171 Å². The van der Waals surface area contributed by atoms with E-state index in [1.54, 1.807) is 13.8 Å². The van der Waals surface area contributed by atoms with Gasteiger partial charge in [-0.3, -0.25) is 67.1 Å². The molecule has 0 saturated carbocycles. The van der Waals surface area contributed by atoms with Gasteiger partial charge in [-0.2, -0.15) is 0 Å². The zero-order chi connectivity index (χ0) is 61.5. The van der Waals surface area contributed by atoms with E-state index in [1.165, 1.54) is 24.3 Å². The molecule has 10 atom stereocenters. The van der Waals surface area contributed by atoms with Crippen molar-refractivity contribution in [2.75, 3.05) is 13.1 Å². The molecule has 82 heavy (non-hydrogen) atoms. The van der Waals surface area contributed by atoms with E-state index >= 15 is 0 Å². The van der Waals surface area contributed by atoms with Crippen molar-refractivity contribution in [3.05, 3.63) is 29.8 Å². The van der Waals surface area contributed by atoms with Crippen LogP contribution in [0.3, 0.4) is 0 Å². The summed E-state index contributed by atoms with van der Waals surface area (Å²) >= 11 is 0. The van der Waals surface area contributed by atoms with Gasteiger partial charge in [-0.15, -0.1) is 0 Å². The summed E-state index contributed by atoms with van der Waals surface area (Å²) < 4.78 is 0. The van der Waals surface area contributed by atoms with Crippen LogP contribution in [0.15, 0.2) is 24.3 Å². The third kappa shape index (κ3) is 21.6. The zero-order valence-electron chi connectivity index (χ0n) is 45.4. The fourth-order valence-electron chi connectivity index (χ4n) is 8.97. The molecular formula is C51H72N10O21. The molecule has 0 bridgehead atoms. The standard InChI is InChI=1S/C51H72N10O21/c1-4-25(2)42(59-48(78)35-8-5-21-60(35)49(79)31(15-19-40(69)70)57-46(76)32(54-37(64)16-20-41(71)72)23-27-9-11-28(62)12-10-27)50(80)61-22-6-7-34(61)47(77)56-30(14-18-39(67)68)45(75)55-29(13-17-38(65)66)44(74)53-26(3)43(73)58-33(51(81)82)24-36(52)63/h9-12,25-26,29-35,42,62H,4-8,13-24H2,1-3H3,(H2,52,63)(H,53,74)(H,54,64)(H,55,75)(H,56,77)(H,57,76)(H,58,73)(H,59,78)(H,65,66)(H,67,68)(H,69,70)(H,71,72)(H,81,82). The molecule has 0 radical (unpaired) electrons. The molecule has 10 amide bonds. The summed E-state index contributed by atoms with van der Waals surface area (Å²) in [6, 6.07) is -8.25. The third-order valence-electron chi connectivity index (χ3n) is 13.6. The lowest BCUT2D eigenvalue weighted by atomic mass is 9.96. The topological polar surface area (TPSA) is 494 Å². The van der Waals surface area contributed by atoms with Crippen LogP contribution in [0.4, 0.5) is 0 Å². The first-order valence-electron chi connectivity index (χ1n) is 26.4. The number of aliphatic carboxylic acids is 5. The highest BCUT2D eigenvalue weighted by atomic mass is 16.4. The molecule has 0 aromatic heterocycles. The molecule has 2 aliphatic heterocycles. The van der Waals surface area contributed by atoms with Gasteiger partial charge >= 0.3 is 29.8 Å². The summed E-state index contributed by atoms with van der Waals surface area (Å²) in [5, 5.41) is 73.3. The van der Waals surface area contributed by atoms with Gasteiger partial charge in [0.1, 0.15) is 60.1 Å². The number of rotatable bonds is 34. The van der Waals surface area contributed by atoms with E-state index in [2.05, 4.69) is 31.9 Å². The number of carbonyl (C=O) groups excluding carboxylic acids is 10. The first-order chi connectivity index (χ1) is 38.5. The van der Waals surface area contributed by atoms with Crippen LogP contribution in [0.25, 0.3) is 0 Å². The highest BCUT2D eigenvalue weighted by Gasteiger charge is 2.44. The van der Waals surface area contributed by atoms with Crippen molar-refractivity contribution in [1.82, 2.24) is 47.0 Å². The number of aromatic hydroxyl groups is 1. The summed E-state index contributed by atoms with van der Waals surface area (Å²) in [6.07, 6.45) is -5.06. The average Bonchev–Trinajstić information content (AvgIpc) is 4.26. The Bertz CT molecular complexity index is 2560. The predicted octanol–water partition coefficient (Wildman–Crippen LogP) is -3.20. The Labute approximate surface area is 469 Å². The van der Waals surface area contributed by atoms with E-state index in [4.69, 9.17) is 10.8 Å². The van der Waals surface area contributed by atoms with E-state index in [1.807, 2.05) is 5.32 Å². The number of amides is 10. The number of nitrogens with two attached hydrogens (primary N) is 1. The highest BCUT2D eigenvalue weighted by molar-refractivity contribution is 5.99. The molecule has 452 valence electrons. The van der Waals surface area contributed by atoms with E-state index < -0.39 is 207 Å². The summed E-state index contributed by atoms with van der Waals surface area (Å²) in [5.74, 6) is -17.6. The SMILES string of the molecule is CCC(C)C(NC(=O)C1CCCN1C(=O)C(CCC(=O)O)NC(=O)C(Cc1ccc(O)cc1)NC(=O)CCC(=O)O)C(=O)N1CCCC1C(=O)NC(CCC(=O)O)C(=O)NC(CCC(=O)O)C(=O)NC(C)C(=O)NC(CC(N)=O)C(=O)O. The summed E-state index contributed by atoms with van der Waals surface area (Å²) in [5.41, 5.74) is 5.48. The Hall–Kier alpha value is -8.93. The number of likely N-dealkylation sites (tertiary alicyclic amines) is 2. The smallest absolute Gasteiger partial charge is 0.326 e. The van der Waals surface area contributed by atoms with Crippen LogP contribution in [0.5, 0.6) is 5.75 Å². The number of phenols is 1. The lowest BCUT2D eigenvalue weighted by molar-refractivity contribution is -0.146. The molecule has 31 nitrogen and oxygen atoms in total. The Kier molecular flexibility index (Phi) is 26.6.